The molecule has 186 valence electrons. The highest BCUT2D eigenvalue weighted by atomic mass is 31.2. The smallest absolute Gasteiger partial charge is 0.365 e. The van der Waals surface area contributed by atoms with Gasteiger partial charge < -0.3 is 4.90 Å². The van der Waals surface area contributed by atoms with Crippen LogP contribution in [0.4, 0.5) is 5.69 Å². The van der Waals surface area contributed by atoms with Gasteiger partial charge in [0.1, 0.15) is 0 Å². The molecule has 2 aromatic carbocycles. The van der Waals surface area contributed by atoms with Crippen molar-refractivity contribution in [2.45, 2.75) is 90.1 Å². The largest absolute Gasteiger partial charge is 0.408 e. The number of nitriles is 2. The van der Waals surface area contributed by atoms with E-state index in [9.17, 15) is 9.83 Å². The van der Waals surface area contributed by atoms with Gasteiger partial charge in [0.25, 0.3) is 0 Å². The number of fused-ring (bicyclic) bond motifs is 3. The van der Waals surface area contributed by atoms with Crippen molar-refractivity contribution >= 4 is 24.2 Å². The van der Waals surface area contributed by atoms with E-state index >= 15 is 0 Å². The molecule has 2 aliphatic heterocycles. The van der Waals surface area contributed by atoms with E-state index < -0.39 is 7.75 Å². The van der Waals surface area contributed by atoms with E-state index in [0.717, 1.165) is 42.1 Å². The number of rotatable bonds is 9. The second-order valence-electron chi connectivity index (χ2n) is 10.1. The lowest BCUT2D eigenvalue weighted by atomic mass is 9.96. The SMILES string of the molecule is CC(C)N(C(C)C)P(=O)(OCCC#N)O[C@H]1C[C@H]2CC[C@@H](C1)N2c1ccc(C#N)c2ccccc12. The number of benzene rings is 2. The molecule has 2 heterocycles. The van der Waals surface area contributed by atoms with Crippen LogP contribution in [0.25, 0.3) is 10.8 Å². The summed E-state index contributed by atoms with van der Waals surface area (Å²) >= 11 is 0. The van der Waals surface area contributed by atoms with Crippen LogP contribution in [0.15, 0.2) is 36.4 Å². The molecule has 0 aliphatic carbocycles. The molecule has 4 atom stereocenters. The van der Waals surface area contributed by atoms with Crippen molar-refractivity contribution in [1.29, 1.82) is 10.5 Å². The van der Waals surface area contributed by atoms with E-state index in [0.29, 0.717) is 5.56 Å². The van der Waals surface area contributed by atoms with Gasteiger partial charge in [-0.15, -0.1) is 0 Å². The second-order valence-corrected chi connectivity index (χ2v) is 11.9. The Bertz CT molecular complexity index is 1160. The summed E-state index contributed by atoms with van der Waals surface area (Å²) in [6, 6.07) is 17.0. The van der Waals surface area contributed by atoms with Crippen molar-refractivity contribution in [3.05, 3.63) is 42.0 Å². The fourth-order valence-corrected chi connectivity index (χ4v) is 8.23. The molecule has 2 fully saturated rings. The predicted molar refractivity (Wildman–Crippen MR) is 138 cm³/mol. The van der Waals surface area contributed by atoms with E-state index in [-0.39, 0.29) is 43.3 Å². The summed E-state index contributed by atoms with van der Waals surface area (Å²) in [5.41, 5.74) is 1.85. The number of hydrogen-bond acceptors (Lipinski definition) is 6. The third-order valence-electron chi connectivity index (χ3n) is 7.08. The van der Waals surface area contributed by atoms with Crippen LogP contribution in [-0.4, -0.2) is 41.5 Å². The van der Waals surface area contributed by atoms with Gasteiger partial charge >= 0.3 is 7.75 Å². The first-order valence-corrected chi connectivity index (χ1v) is 14.1. The third-order valence-corrected chi connectivity index (χ3v) is 9.64. The molecule has 2 bridgehead atoms. The van der Waals surface area contributed by atoms with Gasteiger partial charge in [0.05, 0.1) is 36.8 Å². The quantitative estimate of drug-likeness (QED) is 0.295. The topological polar surface area (TPSA) is 89.6 Å². The highest BCUT2D eigenvalue weighted by Crippen LogP contribution is 2.57. The molecule has 2 aliphatic rings. The monoisotopic (exact) mass is 494 g/mol. The van der Waals surface area contributed by atoms with E-state index in [2.05, 4.69) is 29.2 Å². The number of piperidine rings is 1. The molecule has 0 amide bonds. The van der Waals surface area contributed by atoms with Gasteiger partial charge in [-0.2, -0.15) is 10.5 Å². The number of hydrogen-bond donors (Lipinski definition) is 0. The van der Waals surface area contributed by atoms with Gasteiger partial charge in [-0.1, -0.05) is 24.3 Å². The Labute approximate surface area is 208 Å². The maximum atomic E-state index is 14.1. The van der Waals surface area contributed by atoms with Crippen LogP contribution in [0, 0.1) is 22.7 Å². The molecule has 1 unspecified atom stereocenters. The van der Waals surface area contributed by atoms with Gasteiger partial charge in [0.2, 0.25) is 0 Å². The predicted octanol–water partition coefficient (Wildman–Crippen LogP) is 6.39. The van der Waals surface area contributed by atoms with Crippen LogP contribution in [0.2, 0.25) is 0 Å². The van der Waals surface area contributed by atoms with Gasteiger partial charge in [0.15, 0.2) is 0 Å². The molecular formula is C27H35N4O3P. The first-order chi connectivity index (χ1) is 16.8. The minimum Gasteiger partial charge on any atom is -0.365 e. The van der Waals surface area contributed by atoms with Crippen molar-refractivity contribution in [1.82, 2.24) is 4.67 Å². The Kier molecular flexibility index (Phi) is 7.84. The van der Waals surface area contributed by atoms with Gasteiger partial charge in [-0.3, -0.25) is 9.05 Å². The lowest BCUT2D eigenvalue weighted by Crippen LogP contribution is -2.46. The minimum absolute atomic E-state index is 0.0234. The Morgan fingerprint density at radius 3 is 2.23 bits per heavy atom. The van der Waals surface area contributed by atoms with Crippen LogP contribution < -0.4 is 4.90 Å². The van der Waals surface area contributed by atoms with Crippen LogP contribution in [0.3, 0.4) is 0 Å². The van der Waals surface area contributed by atoms with Crippen molar-refractivity contribution in [3.63, 3.8) is 0 Å². The standard InChI is InChI=1S/C27H35N4O3P/c1-19(2)31(20(3)4)35(32,33-15-7-14-28)34-24-16-22-11-12-23(17-24)30(22)27-13-10-21(18-29)25-8-5-6-9-26(25)27/h5-6,8-10,13,19-20,22-24H,7,11-12,15-17H2,1-4H3/t22-,23+,24+,35?. The molecule has 0 N–H and O–H groups in total. The molecular weight excluding hydrogens is 459 g/mol. The van der Waals surface area contributed by atoms with E-state index in [4.69, 9.17) is 14.3 Å². The fourth-order valence-electron chi connectivity index (χ4n) is 5.92. The summed E-state index contributed by atoms with van der Waals surface area (Å²) in [6.45, 7) is 8.06. The van der Waals surface area contributed by atoms with Crippen LogP contribution >= 0.6 is 7.75 Å². The highest BCUT2D eigenvalue weighted by Gasteiger charge is 2.46. The Morgan fingerprint density at radius 2 is 1.66 bits per heavy atom. The van der Waals surface area contributed by atoms with Crippen LogP contribution in [0.1, 0.15) is 65.4 Å². The fraction of sp³-hybridized carbons (Fsp3) is 0.556. The van der Waals surface area contributed by atoms with Crippen molar-refractivity contribution in [3.8, 4) is 12.1 Å². The summed E-state index contributed by atoms with van der Waals surface area (Å²) in [5, 5.41) is 20.6. The lowest BCUT2D eigenvalue weighted by Gasteiger charge is -2.43. The Balaban J connectivity index is 1.59. The van der Waals surface area contributed by atoms with Gasteiger partial charge in [-0.05, 0) is 65.5 Å². The average Bonchev–Trinajstić information content (AvgIpc) is 3.07. The second kappa shape index (κ2) is 10.7. The number of anilines is 1. The van der Waals surface area contributed by atoms with E-state index in [1.165, 1.54) is 0 Å². The van der Waals surface area contributed by atoms with Gasteiger partial charge in [-0.25, -0.2) is 9.24 Å². The maximum absolute atomic E-state index is 14.1. The molecule has 2 saturated heterocycles. The molecule has 2 aromatic rings. The Hall–Kier alpha value is -2.41. The zero-order chi connectivity index (χ0) is 25.2. The van der Waals surface area contributed by atoms with Crippen molar-refractivity contribution in [2.75, 3.05) is 11.5 Å². The highest BCUT2D eigenvalue weighted by molar-refractivity contribution is 7.51. The molecule has 7 nitrogen and oxygen atoms in total. The van der Waals surface area contributed by atoms with Gasteiger partial charge in [0, 0.05) is 40.6 Å². The molecule has 0 radical (unpaired) electrons. The first kappa shape index (κ1) is 25.7. The van der Waals surface area contributed by atoms with E-state index in [1.54, 1.807) is 0 Å². The summed E-state index contributed by atoms with van der Waals surface area (Å²) in [5.74, 6) is 0. The normalized spacial score (nSPS) is 23.6. The lowest BCUT2D eigenvalue weighted by molar-refractivity contribution is 0.0753. The zero-order valence-electron chi connectivity index (χ0n) is 21.1. The first-order valence-electron chi connectivity index (χ1n) is 12.6. The third kappa shape index (κ3) is 5.11. The van der Waals surface area contributed by atoms with Crippen molar-refractivity contribution < 1.29 is 13.6 Å². The van der Waals surface area contributed by atoms with Crippen molar-refractivity contribution in [2.24, 2.45) is 0 Å². The average molecular weight is 495 g/mol. The molecule has 4 rings (SSSR count). The Morgan fingerprint density at radius 1 is 1.03 bits per heavy atom. The minimum atomic E-state index is -3.58. The summed E-state index contributed by atoms with van der Waals surface area (Å²) < 4.78 is 28.1. The summed E-state index contributed by atoms with van der Waals surface area (Å²) in [6.07, 6.45) is 3.63. The van der Waals surface area contributed by atoms with Crippen LogP contribution in [0.5, 0.6) is 0 Å². The molecule has 8 heteroatoms. The molecule has 0 saturated carbocycles. The molecule has 0 spiro atoms. The molecule has 35 heavy (non-hydrogen) atoms. The summed E-state index contributed by atoms with van der Waals surface area (Å²) in [7, 11) is -3.58. The maximum Gasteiger partial charge on any atom is 0.408 e. The number of nitrogens with zero attached hydrogens (tertiary/aromatic N) is 4. The zero-order valence-corrected chi connectivity index (χ0v) is 21.9. The molecule has 0 aromatic heterocycles. The summed E-state index contributed by atoms with van der Waals surface area (Å²) in [4.78, 5) is 2.49. The van der Waals surface area contributed by atoms with Crippen LogP contribution in [-0.2, 0) is 13.6 Å². The van der Waals surface area contributed by atoms with E-state index in [1.807, 2.05) is 56.6 Å².